The number of ether oxygens (including phenoxy) is 2. The van der Waals surface area contributed by atoms with Crippen molar-refractivity contribution in [1.82, 2.24) is 0 Å². The van der Waals surface area contributed by atoms with Gasteiger partial charge in [0.05, 0.1) is 18.9 Å². The molecule has 2 aromatic rings. The highest BCUT2D eigenvalue weighted by Gasteiger charge is 2.08. The molecule has 1 heterocycles. The standard InChI is InChI=1S/C18H21NO4/c1-4-21-15-8-10-17(22-5-2)16(12-15)19-18(20)11-9-14-7-6-13(3)23-14/h6-12H,4-5H2,1-3H3,(H,19,20)/b11-9+. The molecule has 0 spiro atoms. The molecule has 1 amide bonds. The summed E-state index contributed by atoms with van der Waals surface area (Å²) in [6, 6.07) is 8.99. The molecule has 1 aromatic heterocycles. The smallest absolute Gasteiger partial charge is 0.248 e. The average molecular weight is 315 g/mol. The lowest BCUT2D eigenvalue weighted by molar-refractivity contribution is -0.111. The molecule has 1 aromatic carbocycles. The molecule has 0 unspecified atom stereocenters. The quantitative estimate of drug-likeness (QED) is 0.783. The molecule has 1 N–H and O–H groups in total. The largest absolute Gasteiger partial charge is 0.494 e. The molecule has 122 valence electrons. The van der Waals surface area contributed by atoms with E-state index in [2.05, 4.69) is 5.32 Å². The number of amides is 1. The molecule has 0 aliphatic heterocycles. The Balaban J connectivity index is 2.11. The Hall–Kier alpha value is -2.69. The topological polar surface area (TPSA) is 60.7 Å². The lowest BCUT2D eigenvalue weighted by Gasteiger charge is -2.12. The minimum absolute atomic E-state index is 0.270. The van der Waals surface area contributed by atoms with Crippen LogP contribution in [0.5, 0.6) is 11.5 Å². The SMILES string of the molecule is CCOc1ccc(OCC)c(NC(=O)/C=C/c2ccc(C)o2)c1. The van der Waals surface area contributed by atoms with Crippen LogP contribution < -0.4 is 14.8 Å². The first-order valence-corrected chi connectivity index (χ1v) is 7.57. The predicted molar refractivity (Wildman–Crippen MR) is 89.9 cm³/mol. The van der Waals surface area contributed by atoms with E-state index in [4.69, 9.17) is 13.9 Å². The minimum Gasteiger partial charge on any atom is -0.494 e. The molecular formula is C18H21NO4. The Morgan fingerprint density at radius 2 is 1.96 bits per heavy atom. The second-order valence-corrected chi connectivity index (χ2v) is 4.79. The maximum absolute atomic E-state index is 12.1. The van der Waals surface area contributed by atoms with E-state index in [-0.39, 0.29) is 5.91 Å². The predicted octanol–water partition coefficient (Wildman–Crippen LogP) is 4.04. The highest BCUT2D eigenvalue weighted by atomic mass is 16.5. The lowest BCUT2D eigenvalue weighted by Crippen LogP contribution is -2.09. The van der Waals surface area contributed by atoms with Crippen LogP contribution in [0, 0.1) is 6.92 Å². The van der Waals surface area contributed by atoms with Gasteiger partial charge in [0.2, 0.25) is 5.91 Å². The van der Waals surface area contributed by atoms with E-state index in [0.29, 0.717) is 36.2 Å². The fourth-order valence-electron chi connectivity index (χ4n) is 2.02. The van der Waals surface area contributed by atoms with Crippen molar-refractivity contribution in [3.05, 3.63) is 47.9 Å². The number of anilines is 1. The zero-order valence-electron chi connectivity index (χ0n) is 13.6. The summed E-state index contributed by atoms with van der Waals surface area (Å²) in [6.07, 6.45) is 3.04. The van der Waals surface area contributed by atoms with Crippen molar-refractivity contribution in [2.45, 2.75) is 20.8 Å². The van der Waals surface area contributed by atoms with Crippen LogP contribution in [0.15, 0.2) is 40.8 Å². The average Bonchev–Trinajstić information content (AvgIpc) is 2.94. The highest BCUT2D eigenvalue weighted by molar-refractivity contribution is 6.02. The molecule has 23 heavy (non-hydrogen) atoms. The van der Waals surface area contributed by atoms with Crippen molar-refractivity contribution in [1.29, 1.82) is 0 Å². The Labute approximate surface area is 135 Å². The first kappa shape index (κ1) is 16.7. The summed E-state index contributed by atoms with van der Waals surface area (Å²) in [5.74, 6) is 2.44. The van der Waals surface area contributed by atoms with Gasteiger partial charge in [-0.2, -0.15) is 0 Å². The molecule has 0 saturated heterocycles. The molecule has 0 radical (unpaired) electrons. The Kier molecular flexibility index (Phi) is 5.86. The molecular weight excluding hydrogens is 294 g/mol. The van der Waals surface area contributed by atoms with Crippen molar-refractivity contribution in [3.8, 4) is 11.5 Å². The van der Waals surface area contributed by atoms with Gasteiger partial charge in [0.25, 0.3) is 0 Å². The number of hydrogen-bond acceptors (Lipinski definition) is 4. The zero-order valence-corrected chi connectivity index (χ0v) is 13.6. The van der Waals surface area contributed by atoms with Crippen LogP contribution in [-0.4, -0.2) is 19.1 Å². The monoisotopic (exact) mass is 315 g/mol. The molecule has 0 atom stereocenters. The number of hydrogen-bond donors (Lipinski definition) is 1. The van der Waals surface area contributed by atoms with Crippen molar-refractivity contribution in [3.63, 3.8) is 0 Å². The van der Waals surface area contributed by atoms with Crippen LogP contribution >= 0.6 is 0 Å². The van der Waals surface area contributed by atoms with E-state index in [1.165, 1.54) is 6.08 Å². The van der Waals surface area contributed by atoms with Crippen molar-refractivity contribution in [2.75, 3.05) is 18.5 Å². The third kappa shape index (κ3) is 4.92. The second kappa shape index (κ2) is 8.08. The van der Waals surface area contributed by atoms with Crippen molar-refractivity contribution >= 4 is 17.7 Å². The zero-order chi connectivity index (χ0) is 16.7. The number of aryl methyl sites for hydroxylation is 1. The normalized spacial score (nSPS) is 10.7. The number of carbonyl (C=O) groups is 1. The Morgan fingerprint density at radius 1 is 1.17 bits per heavy atom. The van der Waals surface area contributed by atoms with Gasteiger partial charge in [-0.25, -0.2) is 0 Å². The highest BCUT2D eigenvalue weighted by Crippen LogP contribution is 2.29. The maximum Gasteiger partial charge on any atom is 0.248 e. The summed E-state index contributed by atoms with van der Waals surface area (Å²) in [4.78, 5) is 12.1. The van der Waals surface area contributed by atoms with Gasteiger partial charge in [0.1, 0.15) is 23.0 Å². The molecule has 0 aliphatic carbocycles. The Bertz CT molecular complexity index is 688. The van der Waals surface area contributed by atoms with E-state index >= 15 is 0 Å². The number of nitrogens with one attached hydrogen (secondary N) is 1. The summed E-state index contributed by atoms with van der Waals surface area (Å²) in [6.45, 7) is 6.71. The minimum atomic E-state index is -0.270. The first-order valence-electron chi connectivity index (χ1n) is 7.57. The lowest BCUT2D eigenvalue weighted by atomic mass is 10.2. The summed E-state index contributed by atoms with van der Waals surface area (Å²) < 4.78 is 16.4. The molecule has 2 rings (SSSR count). The van der Waals surface area contributed by atoms with Crippen LogP contribution in [0.25, 0.3) is 6.08 Å². The van der Waals surface area contributed by atoms with Gasteiger partial charge in [-0.1, -0.05) is 0 Å². The van der Waals surface area contributed by atoms with Crippen LogP contribution in [0.2, 0.25) is 0 Å². The van der Waals surface area contributed by atoms with Crippen LogP contribution in [0.1, 0.15) is 25.4 Å². The fourth-order valence-corrected chi connectivity index (χ4v) is 2.02. The molecule has 0 aliphatic rings. The molecule has 5 heteroatoms. The summed E-state index contributed by atoms with van der Waals surface area (Å²) in [7, 11) is 0. The van der Waals surface area contributed by atoms with E-state index in [1.807, 2.05) is 32.9 Å². The molecule has 0 bridgehead atoms. The molecule has 0 saturated carbocycles. The van der Waals surface area contributed by atoms with Crippen molar-refractivity contribution < 1.29 is 18.7 Å². The second-order valence-electron chi connectivity index (χ2n) is 4.79. The molecule has 5 nitrogen and oxygen atoms in total. The maximum atomic E-state index is 12.1. The van der Waals surface area contributed by atoms with E-state index in [0.717, 1.165) is 5.76 Å². The Morgan fingerprint density at radius 3 is 2.61 bits per heavy atom. The third-order valence-electron chi connectivity index (χ3n) is 2.98. The van der Waals surface area contributed by atoms with Crippen LogP contribution in [0.4, 0.5) is 5.69 Å². The van der Waals surface area contributed by atoms with Gasteiger partial charge in [-0.05, 0) is 51.1 Å². The van der Waals surface area contributed by atoms with Gasteiger partial charge in [0.15, 0.2) is 0 Å². The summed E-state index contributed by atoms with van der Waals surface area (Å²) in [5, 5.41) is 2.80. The van der Waals surface area contributed by atoms with E-state index < -0.39 is 0 Å². The fraction of sp³-hybridized carbons (Fsp3) is 0.278. The number of benzene rings is 1. The summed E-state index contributed by atoms with van der Waals surface area (Å²) in [5.41, 5.74) is 0.572. The number of rotatable bonds is 7. The van der Waals surface area contributed by atoms with E-state index in [9.17, 15) is 4.79 Å². The van der Waals surface area contributed by atoms with Crippen LogP contribution in [-0.2, 0) is 4.79 Å². The van der Waals surface area contributed by atoms with E-state index in [1.54, 1.807) is 24.3 Å². The van der Waals surface area contributed by atoms with Crippen LogP contribution in [0.3, 0.4) is 0 Å². The van der Waals surface area contributed by atoms with Gasteiger partial charge >= 0.3 is 0 Å². The first-order chi connectivity index (χ1) is 11.1. The molecule has 0 fully saturated rings. The third-order valence-corrected chi connectivity index (χ3v) is 2.98. The van der Waals surface area contributed by atoms with Crippen molar-refractivity contribution in [2.24, 2.45) is 0 Å². The van der Waals surface area contributed by atoms with Gasteiger partial charge in [0, 0.05) is 12.1 Å². The number of furan rings is 1. The van der Waals surface area contributed by atoms with Gasteiger partial charge in [-0.15, -0.1) is 0 Å². The number of carbonyl (C=O) groups excluding carboxylic acids is 1. The van der Waals surface area contributed by atoms with Gasteiger partial charge in [-0.3, -0.25) is 4.79 Å². The van der Waals surface area contributed by atoms with Gasteiger partial charge < -0.3 is 19.2 Å². The summed E-state index contributed by atoms with van der Waals surface area (Å²) >= 11 is 0.